The van der Waals surface area contributed by atoms with Crippen molar-refractivity contribution in [2.45, 2.75) is 27.7 Å². The first kappa shape index (κ1) is 10.7. The van der Waals surface area contributed by atoms with Crippen LogP contribution in [-0.4, -0.2) is 16.6 Å². The highest BCUT2D eigenvalue weighted by atomic mass is 16.2. The van der Waals surface area contributed by atoms with Crippen molar-refractivity contribution < 1.29 is 9.59 Å². The van der Waals surface area contributed by atoms with Gasteiger partial charge in [-0.25, -0.2) is 0 Å². The minimum absolute atomic E-state index is 0.0612. The molecule has 0 radical (unpaired) electrons. The Morgan fingerprint density at radius 3 is 2.36 bits per heavy atom. The van der Waals surface area contributed by atoms with Crippen molar-refractivity contribution in [1.29, 1.82) is 0 Å². The Labute approximate surface area is 84.1 Å². The van der Waals surface area contributed by atoms with Crippen LogP contribution in [0, 0.1) is 5.92 Å². The maximum Gasteiger partial charge on any atom is 0.228 e. The van der Waals surface area contributed by atoms with Crippen molar-refractivity contribution in [2.24, 2.45) is 5.92 Å². The van der Waals surface area contributed by atoms with E-state index in [-0.39, 0.29) is 17.6 Å². The maximum atomic E-state index is 11.4. The molecule has 0 aromatic heterocycles. The molecule has 0 spiro atoms. The molecular formula is C11H15NO2. The largest absolute Gasteiger partial charge is 0.293 e. The number of hydrogen-bond donors (Lipinski definition) is 0. The van der Waals surface area contributed by atoms with Gasteiger partial charge < -0.3 is 0 Å². The number of amides is 1. The lowest BCUT2D eigenvalue weighted by Gasteiger charge is -2.27. The van der Waals surface area contributed by atoms with Gasteiger partial charge in [0.15, 0.2) is 5.78 Å². The number of allylic oxidation sites excluding steroid dienone is 3. The van der Waals surface area contributed by atoms with E-state index < -0.39 is 0 Å². The molecule has 0 fully saturated rings. The normalized spacial score (nSPS) is 21.4. The molecular weight excluding hydrogens is 178 g/mol. The third kappa shape index (κ3) is 1.76. The first-order chi connectivity index (χ1) is 6.45. The zero-order chi connectivity index (χ0) is 10.9. The van der Waals surface area contributed by atoms with E-state index in [1.807, 2.05) is 19.9 Å². The minimum atomic E-state index is -0.127. The standard InChI is InChI=1S/C11H15NO2/c1-7-5-6-12(10(4)14)11(8(7)2)9(3)13/h5-7H,1-4H3. The SMILES string of the molecule is CC(=O)C1=C(C)C(C)C=CN1C(C)=O. The smallest absolute Gasteiger partial charge is 0.228 e. The fourth-order valence-electron chi connectivity index (χ4n) is 1.55. The van der Waals surface area contributed by atoms with E-state index in [0.29, 0.717) is 5.70 Å². The van der Waals surface area contributed by atoms with Gasteiger partial charge in [0.05, 0.1) is 5.70 Å². The van der Waals surface area contributed by atoms with Gasteiger partial charge in [-0.15, -0.1) is 0 Å². The number of hydrogen-bond acceptors (Lipinski definition) is 2. The van der Waals surface area contributed by atoms with Crippen LogP contribution in [0.4, 0.5) is 0 Å². The molecule has 1 atom stereocenters. The van der Waals surface area contributed by atoms with Gasteiger partial charge in [-0.1, -0.05) is 13.0 Å². The molecule has 0 aromatic rings. The van der Waals surface area contributed by atoms with E-state index in [2.05, 4.69) is 0 Å². The lowest BCUT2D eigenvalue weighted by atomic mass is 9.95. The van der Waals surface area contributed by atoms with Crippen molar-refractivity contribution in [3.8, 4) is 0 Å². The Bertz CT molecular complexity index is 339. The van der Waals surface area contributed by atoms with Crippen LogP contribution < -0.4 is 0 Å². The van der Waals surface area contributed by atoms with Crippen molar-refractivity contribution in [1.82, 2.24) is 4.90 Å². The van der Waals surface area contributed by atoms with E-state index in [0.717, 1.165) is 5.57 Å². The first-order valence-electron chi connectivity index (χ1n) is 4.65. The number of ketones is 1. The summed E-state index contributed by atoms with van der Waals surface area (Å²) >= 11 is 0. The number of carbonyl (C=O) groups excluding carboxylic acids is 2. The van der Waals surface area contributed by atoms with Gasteiger partial charge >= 0.3 is 0 Å². The summed E-state index contributed by atoms with van der Waals surface area (Å²) in [4.78, 5) is 24.1. The lowest BCUT2D eigenvalue weighted by molar-refractivity contribution is -0.127. The molecule has 0 aromatic carbocycles. The number of Topliss-reactive ketones (excluding diaryl/α,β-unsaturated/α-hetero) is 1. The third-order valence-corrected chi connectivity index (χ3v) is 2.49. The summed E-state index contributed by atoms with van der Waals surface area (Å²) in [7, 11) is 0. The Kier molecular flexibility index (Phi) is 2.89. The summed E-state index contributed by atoms with van der Waals surface area (Å²) in [6.07, 6.45) is 3.60. The second-order valence-corrected chi connectivity index (χ2v) is 3.61. The summed E-state index contributed by atoms with van der Waals surface area (Å²) < 4.78 is 0. The van der Waals surface area contributed by atoms with Crippen LogP contribution in [0.2, 0.25) is 0 Å². The lowest BCUT2D eigenvalue weighted by Crippen LogP contribution is -2.30. The monoisotopic (exact) mass is 193 g/mol. The fraction of sp³-hybridized carbons (Fsp3) is 0.455. The van der Waals surface area contributed by atoms with Gasteiger partial charge in [-0.3, -0.25) is 14.5 Å². The molecule has 0 saturated heterocycles. The number of nitrogens with zero attached hydrogens (tertiary/aromatic N) is 1. The van der Waals surface area contributed by atoms with Crippen LogP contribution >= 0.6 is 0 Å². The molecule has 1 rings (SSSR count). The zero-order valence-corrected chi connectivity index (χ0v) is 9.00. The Morgan fingerprint density at radius 2 is 1.93 bits per heavy atom. The average molecular weight is 193 g/mol. The van der Waals surface area contributed by atoms with Gasteiger partial charge in [0.2, 0.25) is 5.91 Å². The van der Waals surface area contributed by atoms with Crippen molar-refractivity contribution >= 4 is 11.7 Å². The number of rotatable bonds is 1. The van der Waals surface area contributed by atoms with Gasteiger partial charge in [0, 0.05) is 20.0 Å². The van der Waals surface area contributed by atoms with Gasteiger partial charge in [-0.2, -0.15) is 0 Å². The average Bonchev–Trinajstić information content (AvgIpc) is 2.08. The van der Waals surface area contributed by atoms with Crippen molar-refractivity contribution in [2.75, 3.05) is 0 Å². The quantitative estimate of drug-likeness (QED) is 0.637. The highest BCUT2D eigenvalue weighted by Crippen LogP contribution is 2.25. The zero-order valence-electron chi connectivity index (χ0n) is 9.00. The van der Waals surface area contributed by atoms with Gasteiger partial charge in [0.25, 0.3) is 0 Å². The van der Waals surface area contributed by atoms with Gasteiger partial charge in [0.1, 0.15) is 0 Å². The number of carbonyl (C=O) groups is 2. The molecule has 3 nitrogen and oxygen atoms in total. The molecule has 76 valence electrons. The molecule has 1 aliphatic heterocycles. The molecule has 0 bridgehead atoms. The second-order valence-electron chi connectivity index (χ2n) is 3.61. The van der Waals surface area contributed by atoms with Crippen molar-refractivity contribution in [3.63, 3.8) is 0 Å². The third-order valence-electron chi connectivity index (χ3n) is 2.49. The molecule has 1 aliphatic rings. The van der Waals surface area contributed by atoms with Crippen LogP contribution in [0.25, 0.3) is 0 Å². The second kappa shape index (κ2) is 3.78. The Morgan fingerprint density at radius 1 is 1.36 bits per heavy atom. The summed E-state index contributed by atoms with van der Waals surface area (Å²) in [5.74, 6) is 0.0381. The summed E-state index contributed by atoms with van der Waals surface area (Å²) in [6.45, 7) is 6.84. The highest BCUT2D eigenvalue weighted by molar-refractivity contribution is 5.98. The minimum Gasteiger partial charge on any atom is -0.293 e. The Hall–Kier alpha value is -1.38. The molecule has 0 saturated carbocycles. The van der Waals surface area contributed by atoms with Crippen LogP contribution in [0.15, 0.2) is 23.5 Å². The predicted molar refractivity (Wildman–Crippen MR) is 54.2 cm³/mol. The molecule has 14 heavy (non-hydrogen) atoms. The first-order valence-corrected chi connectivity index (χ1v) is 4.65. The Balaban J connectivity index is 3.17. The molecule has 1 amide bonds. The molecule has 0 aliphatic carbocycles. The van der Waals surface area contributed by atoms with E-state index in [1.54, 1.807) is 6.20 Å². The molecule has 0 N–H and O–H groups in total. The molecule has 1 heterocycles. The summed E-state index contributed by atoms with van der Waals surface area (Å²) in [5, 5.41) is 0. The summed E-state index contributed by atoms with van der Waals surface area (Å²) in [5.41, 5.74) is 1.47. The fourth-order valence-corrected chi connectivity index (χ4v) is 1.55. The predicted octanol–water partition coefficient (Wildman–Crippen LogP) is 1.86. The maximum absolute atomic E-state index is 11.4. The van der Waals surface area contributed by atoms with Crippen LogP contribution in [0.5, 0.6) is 0 Å². The van der Waals surface area contributed by atoms with E-state index in [4.69, 9.17) is 0 Å². The van der Waals surface area contributed by atoms with Gasteiger partial charge in [-0.05, 0) is 18.4 Å². The summed E-state index contributed by atoms with van der Waals surface area (Å²) in [6, 6.07) is 0. The highest BCUT2D eigenvalue weighted by Gasteiger charge is 2.23. The molecule has 3 heteroatoms. The van der Waals surface area contributed by atoms with Crippen LogP contribution in [0.1, 0.15) is 27.7 Å². The molecule has 1 unspecified atom stereocenters. The van der Waals surface area contributed by atoms with E-state index >= 15 is 0 Å². The van der Waals surface area contributed by atoms with Crippen LogP contribution in [0.3, 0.4) is 0 Å². The topological polar surface area (TPSA) is 37.4 Å². The van der Waals surface area contributed by atoms with E-state index in [1.165, 1.54) is 18.7 Å². The van der Waals surface area contributed by atoms with Crippen LogP contribution in [-0.2, 0) is 9.59 Å². The van der Waals surface area contributed by atoms with E-state index in [9.17, 15) is 9.59 Å². The van der Waals surface area contributed by atoms with Crippen molar-refractivity contribution in [3.05, 3.63) is 23.5 Å².